The molecule has 0 atom stereocenters. The Labute approximate surface area is 125 Å². The summed E-state index contributed by atoms with van der Waals surface area (Å²) >= 11 is 3.24. The minimum absolute atomic E-state index is 0.00900. The van der Waals surface area contributed by atoms with E-state index in [1.54, 1.807) is 30.3 Å². The van der Waals surface area contributed by atoms with Crippen molar-refractivity contribution in [3.05, 3.63) is 63.9 Å². The summed E-state index contributed by atoms with van der Waals surface area (Å²) in [4.78, 5) is 27.1. The Morgan fingerprint density at radius 2 is 1.80 bits per heavy atom. The Bertz CT molecular complexity index is 639. The zero-order valence-electron chi connectivity index (χ0n) is 10.7. The molecule has 1 heterocycles. The first-order valence-corrected chi connectivity index (χ1v) is 6.90. The molecule has 0 spiro atoms. The molecule has 0 aliphatic rings. The van der Waals surface area contributed by atoms with Crippen LogP contribution >= 0.6 is 15.9 Å². The number of halogens is 1. The molecule has 0 saturated heterocycles. The lowest BCUT2D eigenvalue weighted by molar-refractivity contribution is 0.0974. The van der Waals surface area contributed by atoms with Gasteiger partial charge in [-0.2, -0.15) is 0 Å². The summed E-state index contributed by atoms with van der Waals surface area (Å²) in [6, 6.07) is 12.2. The molecule has 2 aromatic rings. The van der Waals surface area contributed by atoms with Crippen LogP contribution in [0.4, 0.5) is 0 Å². The van der Waals surface area contributed by atoms with Crippen LogP contribution in [0.15, 0.2) is 47.1 Å². The number of hydrogen-bond donors (Lipinski definition) is 1. The van der Waals surface area contributed by atoms with Crippen LogP contribution in [0.25, 0.3) is 0 Å². The number of amides is 1. The van der Waals surface area contributed by atoms with Gasteiger partial charge in [-0.25, -0.2) is 4.98 Å². The number of nitrogens with two attached hydrogens (primary N) is 1. The Balaban J connectivity index is 1.98. The second-order valence-electron chi connectivity index (χ2n) is 4.33. The molecule has 0 fully saturated rings. The number of aryl methyl sites for hydroxylation is 1. The summed E-state index contributed by atoms with van der Waals surface area (Å²) in [5.74, 6) is -0.462. The highest BCUT2D eigenvalue weighted by Crippen LogP contribution is 2.11. The molecule has 102 valence electrons. The van der Waals surface area contributed by atoms with Gasteiger partial charge in [-0.1, -0.05) is 18.2 Å². The maximum Gasteiger partial charge on any atom is 0.248 e. The van der Waals surface area contributed by atoms with Crippen LogP contribution in [0.5, 0.6) is 0 Å². The molecule has 0 aliphatic carbocycles. The third-order valence-electron chi connectivity index (χ3n) is 2.88. The van der Waals surface area contributed by atoms with E-state index in [2.05, 4.69) is 20.9 Å². The van der Waals surface area contributed by atoms with Gasteiger partial charge in [0, 0.05) is 12.0 Å². The summed E-state index contributed by atoms with van der Waals surface area (Å²) in [6.07, 6.45) is 0.978. The lowest BCUT2D eigenvalue weighted by Crippen LogP contribution is -2.10. The average molecular weight is 333 g/mol. The number of carbonyl (C=O) groups excluding carboxylic acids is 2. The maximum atomic E-state index is 12.0. The number of hydrogen-bond acceptors (Lipinski definition) is 3. The number of benzene rings is 1. The van der Waals surface area contributed by atoms with Gasteiger partial charge < -0.3 is 5.73 Å². The summed E-state index contributed by atoms with van der Waals surface area (Å²) in [5.41, 5.74) is 7.07. The largest absolute Gasteiger partial charge is 0.366 e. The standard InChI is InChI=1S/C15H13BrN2O2/c16-14-3-1-2-12(18-14)13(19)9-6-10-4-7-11(8-5-10)15(17)20/h1-5,7-8H,6,9H2,(H2,17,20). The molecule has 0 radical (unpaired) electrons. The fourth-order valence-electron chi connectivity index (χ4n) is 1.79. The van der Waals surface area contributed by atoms with Gasteiger partial charge in [0.25, 0.3) is 0 Å². The summed E-state index contributed by atoms with van der Waals surface area (Å²) in [7, 11) is 0. The van der Waals surface area contributed by atoms with Gasteiger partial charge in [-0.05, 0) is 52.2 Å². The number of aromatic nitrogens is 1. The fourth-order valence-corrected chi connectivity index (χ4v) is 2.13. The molecule has 1 aromatic heterocycles. The number of primary amides is 1. The van der Waals surface area contributed by atoms with Gasteiger partial charge >= 0.3 is 0 Å². The first-order chi connectivity index (χ1) is 9.56. The number of Topliss-reactive ketones (excluding diaryl/α,β-unsaturated/α-hetero) is 1. The minimum atomic E-state index is -0.453. The molecule has 0 unspecified atom stereocenters. The van der Waals surface area contributed by atoms with Crippen LogP contribution in [-0.2, 0) is 6.42 Å². The molecule has 2 rings (SSSR count). The zero-order chi connectivity index (χ0) is 14.5. The fraction of sp³-hybridized carbons (Fsp3) is 0.133. The van der Waals surface area contributed by atoms with Crippen molar-refractivity contribution in [1.29, 1.82) is 0 Å². The molecular weight excluding hydrogens is 320 g/mol. The summed E-state index contributed by atoms with van der Waals surface area (Å²) < 4.78 is 0.647. The van der Waals surface area contributed by atoms with E-state index in [-0.39, 0.29) is 5.78 Å². The van der Waals surface area contributed by atoms with E-state index in [0.717, 1.165) is 5.56 Å². The van der Waals surface area contributed by atoms with Crippen LogP contribution in [-0.4, -0.2) is 16.7 Å². The van der Waals surface area contributed by atoms with Crippen molar-refractivity contribution in [3.63, 3.8) is 0 Å². The number of nitrogens with zero attached hydrogens (tertiary/aromatic N) is 1. The van der Waals surface area contributed by atoms with Crippen LogP contribution in [0.2, 0.25) is 0 Å². The topological polar surface area (TPSA) is 73.1 Å². The van der Waals surface area contributed by atoms with Crippen molar-refractivity contribution in [2.75, 3.05) is 0 Å². The Hall–Kier alpha value is -2.01. The van der Waals surface area contributed by atoms with Crippen LogP contribution in [0.3, 0.4) is 0 Å². The highest BCUT2D eigenvalue weighted by Gasteiger charge is 2.08. The third kappa shape index (κ3) is 3.74. The Kier molecular flexibility index (Phi) is 4.63. The second kappa shape index (κ2) is 6.43. The first kappa shape index (κ1) is 14.4. The van der Waals surface area contributed by atoms with Gasteiger partial charge in [0.15, 0.2) is 5.78 Å². The van der Waals surface area contributed by atoms with Crippen LogP contribution in [0, 0.1) is 0 Å². The quantitative estimate of drug-likeness (QED) is 0.675. The van der Waals surface area contributed by atoms with Gasteiger partial charge in [0.05, 0.1) is 0 Å². The van der Waals surface area contributed by atoms with E-state index in [9.17, 15) is 9.59 Å². The average Bonchev–Trinajstić information content (AvgIpc) is 2.45. The first-order valence-electron chi connectivity index (χ1n) is 6.11. The second-order valence-corrected chi connectivity index (χ2v) is 5.14. The molecular formula is C15H13BrN2O2. The number of carbonyl (C=O) groups is 2. The highest BCUT2D eigenvalue weighted by atomic mass is 79.9. The molecule has 4 nitrogen and oxygen atoms in total. The SMILES string of the molecule is NC(=O)c1ccc(CCC(=O)c2cccc(Br)n2)cc1. The predicted molar refractivity (Wildman–Crippen MR) is 79.5 cm³/mol. The van der Waals surface area contributed by atoms with Crippen molar-refractivity contribution in [1.82, 2.24) is 4.98 Å². The maximum absolute atomic E-state index is 12.0. The molecule has 0 bridgehead atoms. The summed E-state index contributed by atoms with van der Waals surface area (Å²) in [5, 5.41) is 0. The monoisotopic (exact) mass is 332 g/mol. The zero-order valence-corrected chi connectivity index (χ0v) is 12.3. The van der Waals surface area contributed by atoms with E-state index in [1.807, 2.05) is 12.1 Å². The van der Waals surface area contributed by atoms with Crippen molar-refractivity contribution >= 4 is 27.6 Å². The van der Waals surface area contributed by atoms with Crippen LogP contribution in [0.1, 0.15) is 32.8 Å². The van der Waals surface area contributed by atoms with Crippen molar-refractivity contribution < 1.29 is 9.59 Å². The number of ketones is 1. The van der Waals surface area contributed by atoms with Crippen molar-refractivity contribution in [2.24, 2.45) is 5.73 Å². The van der Waals surface area contributed by atoms with E-state index in [4.69, 9.17) is 5.73 Å². The molecule has 5 heteroatoms. The van der Waals surface area contributed by atoms with E-state index >= 15 is 0 Å². The third-order valence-corrected chi connectivity index (χ3v) is 3.32. The van der Waals surface area contributed by atoms with E-state index in [1.165, 1.54) is 0 Å². The number of pyridine rings is 1. The van der Waals surface area contributed by atoms with Crippen molar-refractivity contribution in [2.45, 2.75) is 12.8 Å². The number of rotatable bonds is 5. The normalized spacial score (nSPS) is 10.2. The molecule has 1 amide bonds. The minimum Gasteiger partial charge on any atom is -0.366 e. The Morgan fingerprint density at radius 1 is 1.10 bits per heavy atom. The van der Waals surface area contributed by atoms with Gasteiger partial charge in [0.1, 0.15) is 10.3 Å². The highest BCUT2D eigenvalue weighted by molar-refractivity contribution is 9.10. The van der Waals surface area contributed by atoms with E-state index in [0.29, 0.717) is 28.7 Å². The lowest BCUT2D eigenvalue weighted by atomic mass is 10.0. The molecule has 0 saturated carbocycles. The Morgan fingerprint density at radius 3 is 2.40 bits per heavy atom. The smallest absolute Gasteiger partial charge is 0.248 e. The molecule has 0 aliphatic heterocycles. The lowest BCUT2D eigenvalue weighted by Gasteiger charge is -2.03. The van der Waals surface area contributed by atoms with Gasteiger partial charge in [-0.3, -0.25) is 9.59 Å². The van der Waals surface area contributed by atoms with Gasteiger partial charge in [-0.15, -0.1) is 0 Å². The summed E-state index contributed by atoms with van der Waals surface area (Å²) in [6.45, 7) is 0. The van der Waals surface area contributed by atoms with Crippen LogP contribution < -0.4 is 5.73 Å². The van der Waals surface area contributed by atoms with Crippen molar-refractivity contribution in [3.8, 4) is 0 Å². The molecule has 1 aromatic carbocycles. The molecule has 20 heavy (non-hydrogen) atoms. The molecule has 2 N–H and O–H groups in total. The van der Waals surface area contributed by atoms with Gasteiger partial charge in [0.2, 0.25) is 5.91 Å². The van der Waals surface area contributed by atoms with E-state index < -0.39 is 5.91 Å². The predicted octanol–water partition coefficient (Wildman–Crippen LogP) is 2.76.